The first kappa shape index (κ1) is 9.40. The van der Waals surface area contributed by atoms with Crippen LogP contribution in [0, 0.1) is 19.3 Å². The van der Waals surface area contributed by atoms with Crippen molar-refractivity contribution in [3.05, 3.63) is 23.0 Å². The number of carbonyl (C=O) groups is 1. The first-order valence-electron chi connectivity index (χ1n) is 4.03. The van der Waals surface area contributed by atoms with Crippen LogP contribution in [0.15, 0.2) is 6.07 Å². The zero-order chi connectivity index (χ0) is 9.84. The molecule has 0 saturated carbocycles. The Hall–Kier alpha value is -1.69. The summed E-state index contributed by atoms with van der Waals surface area (Å²) in [4.78, 5) is 11.2. The van der Waals surface area contributed by atoms with Gasteiger partial charge in [-0.1, -0.05) is 6.92 Å². The summed E-state index contributed by atoms with van der Waals surface area (Å²) in [6.45, 7) is 3.69. The third kappa shape index (κ3) is 1.91. The van der Waals surface area contributed by atoms with Gasteiger partial charge in [0.2, 0.25) is 5.78 Å². The van der Waals surface area contributed by atoms with Crippen LogP contribution in [0.4, 0.5) is 0 Å². The van der Waals surface area contributed by atoms with Crippen molar-refractivity contribution in [3.8, 4) is 12.3 Å². The highest BCUT2D eigenvalue weighted by Gasteiger charge is 2.09. The molecule has 0 saturated heterocycles. The number of rotatable bonds is 2. The second kappa shape index (κ2) is 3.81. The largest absolute Gasteiger partial charge is 0.279 e. The molecule has 0 aliphatic rings. The van der Waals surface area contributed by atoms with Gasteiger partial charge < -0.3 is 0 Å². The average molecular weight is 174 g/mol. The number of aromatic nitrogens is 2. The molecule has 1 rings (SSSR count). The summed E-state index contributed by atoms with van der Waals surface area (Å²) in [5, 5.41) is 7.76. The van der Waals surface area contributed by atoms with E-state index >= 15 is 0 Å². The van der Waals surface area contributed by atoms with E-state index in [9.17, 15) is 4.79 Å². The smallest absolute Gasteiger partial charge is 0.237 e. The third-order valence-electron chi connectivity index (χ3n) is 1.70. The third-order valence-corrected chi connectivity index (χ3v) is 1.70. The topological polar surface area (TPSA) is 42.9 Å². The maximum atomic E-state index is 11.2. The molecule has 0 spiro atoms. The van der Waals surface area contributed by atoms with E-state index in [-0.39, 0.29) is 5.78 Å². The Balaban J connectivity index is 3.25. The monoisotopic (exact) mass is 174 g/mol. The lowest BCUT2D eigenvalue weighted by atomic mass is 10.1. The van der Waals surface area contributed by atoms with Crippen molar-refractivity contribution in [2.75, 3.05) is 0 Å². The minimum Gasteiger partial charge on any atom is -0.279 e. The van der Waals surface area contributed by atoms with Crippen molar-refractivity contribution in [2.24, 2.45) is 0 Å². The summed E-state index contributed by atoms with van der Waals surface area (Å²) in [7, 11) is 0. The number of carbonyl (C=O) groups excluding carboxylic acids is 1. The Labute approximate surface area is 77.2 Å². The molecule has 66 valence electrons. The van der Waals surface area contributed by atoms with E-state index in [1.54, 1.807) is 13.0 Å². The van der Waals surface area contributed by atoms with Crippen LogP contribution in [0.3, 0.4) is 0 Å². The first-order valence-corrected chi connectivity index (χ1v) is 4.03. The second-order valence-corrected chi connectivity index (χ2v) is 2.67. The van der Waals surface area contributed by atoms with Gasteiger partial charge in [0.1, 0.15) is 0 Å². The van der Waals surface area contributed by atoms with Crippen LogP contribution in [-0.4, -0.2) is 16.0 Å². The normalized spacial score (nSPS) is 9.31. The minimum atomic E-state index is -0.324. The van der Waals surface area contributed by atoms with Gasteiger partial charge in [-0.05, 0) is 25.3 Å². The van der Waals surface area contributed by atoms with Gasteiger partial charge in [0.15, 0.2) is 0 Å². The molecule has 0 unspecified atom stereocenters. The van der Waals surface area contributed by atoms with Crippen LogP contribution >= 0.6 is 0 Å². The van der Waals surface area contributed by atoms with E-state index < -0.39 is 0 Å². The van der Waals surface area contributed by atoms with E-state index in [1.807, 2.05) is 6.92 Å². The molecule has 0 aliphatic heterocycles. The van der Waals surface area contributed by atoms with Crippen molar-refractivity contribution < 1.29 is 4.79 Å². The fourth-order valence-corrected chi connectivity index (χ4v) is 1.05. The van der Waals surface area contributed by atoms with Gasteiger partial charge in [0, 0.05) is 0 Å². The van der Waals surface area contributed by atoms with Crippen LogP contribution in [0.5, 0.6) is 0 Å². The summed E-state index contributed by atoms with van der Waals surface area (Å²) in [5.74, 6) is 1.75. The van der Waals surface area contributed by atoms with Crippen LogP contribution in [0.25, 0.3) is 0 Å². The molecule has 0 amide bonds. The molecule has 1 aromatic heterocycles. The van der Waals surface area contributed by atoms with Crippen molar-refractivity contribution in [1.82, 2.24) is 10.2 Å². The molecule has 0 bridgehead atoms. The van der Waals surface area contributed by atoms with Gasteiger partial charge in [-0.2, -0.15) is 10.2 Å². The number of aryl methyl sites for hydroxylation is 2. The molecule has 0 aliphatic carbocycles. The number of Topliss-reactive ketones (excluding diaryl/α,β-unsaturated/α-hetero) is 1. The lowest BCUT2D eigenvalue weighted by Gasteiger charge is -2.01. The Morgan fingerprint density at radius 1 is 1.62 bits per heavy atom. The second-order valence-electron chi connectivity index (χ2n) is 2.67. The molecule has 3 nitrogen and oxygen atoms in total. The van der Waals surface area contributed by atoms with E-state index in [1.165, 1.54) is 0 Å². The molecule has 0 N–H and O–H groups in total. The van der Waals surface area contributed by atoms with Crippen molar-refractivity contribution >= 4 is 5.78 Å². The maximum Gasteiger partial charge on any atom is 0.237 e. The molecule has 3 heteroatoms. The van der Waals surface area contributed by atoms with Gasteiger partial charge >= 0.3 is 0 Å². The quantitative estimate of drug-likeness (QED) is 0.384. The minimum absolute atomic E-state index is 0.324. The molecule has 0 aromatic carbocycles. The van der Waals surface area contributed by atoms with E-state index in [0.717, 1.165) is 0 Å². The zero-order valence-corrected chi connectivity index (χ0v) is 7.66. The van der Waals surface area contributed by atoms with E-state index in [4.69, 9.17) is 6.42 Å². The summed E-state index contributed by atoms with van der Waals surface area (Å²) in [5.41, 5.74) is 1.86. The molecule has 0 fully saturated rings. The number of terminal acetylenes is 1. The van der Waals surface area contributed by atoms with Crippen LogP contribution in [0.2, 0.25) is 0 Å². The predicted molar refractivity (Wildman–Crippen MR) is 49.3 cm³/mol. The lowest BCUT2D eigenvalue weighted by molar-refractivity contribution is 0.105. The number of hydrogen-bond donors (Lipinski definition) is 0. The van der Waals surface area contributed by atoms with Crippen molar-refractivity contribution in [1.29, 1.82) is 0 Å². The molecule has 1 aromatic rings. The van der Waals surface area contributed by atoms with Crippen LogP contribution in [0.1, 0.15) is 28.7 Å². The Morgan fingerprint density at radius 2 is 2.31 bits per heavy atom. The van der Waals surface area contributed by atoms with Gasteiger partial charge in [0.05, 0.1) is 17.0 Å². The van der Waals surface area contributed by atoms with Gasteiger partial charge in [-0.25, -0.2) is 0 Å². The van der Waals surface area contributed by atoms with Gasteiger partial charge in [0.25, 0.3) is 0 Å². The summed E-state index contributed by atoms with van der Waals surface area (Å²) >= 11 is 0. The predicted octanol–water partition coefficient (Wildman–Crippen LogP) is 1.16. The average Bonchev–Trinajstić information content (AvgIpc) is 2.16. The van der Waals surface area contributed by atoms with Gasteiger partial charge in [-0.15, -0.1) is 6.42 Å². The number of nitrogens with zero attached hydrogens (tertiary/aromatic N) is 2. The first-order chi connectivity index (χ1) is 6.19. The number of ketones is 1. The molecular formula is C10H10N2O. The zero-order valence-electron chi connectivity index (χ0n) is 7.66. The lowest BCUT2D eigenvalue weighted by Crippen LogP contribution is -2.05. The van der Waals surface area contributed by atoms with Gasteiger partial charge in [-0.3, -0.25) is 4.79 Å². The van der Waals surface area contributed by atoms with Crippen LogP contribution < -0.4 is 0 Å². The molecule has 0 atom stereocenters. The fraction of sp³-hybridized carbons (Fsp3) is 0.300. The Kier molecular flexibility index (Phi) is 2.76. The highest BCUT2D eigenvalue weighted by molar-refractivity contribution is 6.09. The molecular weight excluding hydrogens is 164 g/mol. The number of hydrogen-bond acceptors (Lipinski definition) is 3. The summed E-state index contributed by atoms with van der Waals surface area (Å²) < 4.78 is 0. The SMILES string of the molecule is C#CC(=O)c1cc(C)nnc1CC. The van der Waals surface area contributed by atoms with E-state index in [0.29, 0.717) is 23.4 Å². The fourth-order valence-electron chi connectivity index (χ4n) is 1.05. The van der Waals surface area contributed by atoms with Crippen molar-refractivity contribution in [2.45, 2.75) is 20.3 Å². The Bertz CT molecular complexity index is 377. The molecule has 0 radical (unpaired) electrons. The van der Waals surface area contributed by atoms with E-state index in [2.05, 4.69) is 16.1 Å². The molecule has 1 heterocycles. The standard InChI is InChI=1S/C10H10N2O/c1-4-9-8(10(13)5-2)6-7(3)11-12-9/h2,6H,4H2,1,3H3. The maximum absolute atomic E-state index is 11.2. The summed E-state index contributed by atoms with van der Waals surface area (Å²) in [6.07, 6.45) is 5.69. The molecule has 13 heavy (non-hydrogen) atoms. The highest BCUT2D eigenvalue weighted by atomic mass is 16.1. The Morgan fingerprint density at radius 3 is 2.85 bits per heavy atom. The summed E-state index contributed by atoms with van der Waals surface area (Å²) in [6, 6.07) is 1.67. The van der Waals surface area contributed by atoms with Crippen LogP contribution in [-0.2, 0) is 6.42 Å². The van der Waals surface area contributed by atoms with Crippen molar-refractivity contribution in [3.63, 3.8) is 0 Å². The highest BCUT2D eigenvalue weighted by Crippen LogP contribution is 2.07.